The molecular weight excluding hydrogens is 392 g/mol. The van der Waals surface area contributed by atoms with Crippen LogP contribution in [0.15, 0.2) is 0 Å². The van der Waals surface area contributed by atoms with Crippen molar-refractivity contribution in [3.8, 4) is 6.07 Å². The Kier molecular flexibility index (Phi) is 6.16. The number of carbonyl (C=O) groups excluding carboxylic acids is 3. The maximum absolute atomic E-state index is 13.7. The van der Waals surface area contributed by atoms with E-state index in [0.717, 1.165) is 12.8 Å². The van der Waals surface area contributed by atoms with Crippen LogP contribution in [0.2, 0.25) is 0 Å². The Bertz CT molecular complexity index is 788. The SMILES string of the molecule is CC(C)C(=O)N[C@H](C(=O)N1CC2C(C1C(=O)NC(C#N)CC1CC1)C2(C)C)C(C)(C)C. The molecule has 0 aromatic rings. The minimum absolute atomic E-state index is 0.00414. The fraction of sp³-hybridized carbons (Fsp3) is 0.833. The summed E-state index contributed by atoms with van der Waals surface area (Å²) in [6, 6.07) is 0.392. The van der Waals surface area contributed by atoms with Gasteiger partial charge >= 0.3 is 0 Å². The van der Waals surface area contributed by atoms with Gasteiger partial charge in [0.1, 0.15) is 18.1 Å². The Morgan fingerprint density at radius 1 is 1.16 bits per heavy atom. The van der Waals surface area contributed by atoms with Crippen molar-refractivity contribution >= 4 is 17.7 Å². The molecule has 1 aliphatic heterocycles. The molecule has 2 saturated carbocycles. The zero-order valence-electron chi connectivity index (χ0n) is 20.0. The molecule has 4 unspecified atom stereocenters. The fourth-order valence-corrected chi connectivity index (χ4v) is 5.02. The molecule has 1 heterocycles. The number of amides is 3. The summed E-state index contributed by atoms with van der Waals surface area (Å²) >= 11 is 0. The number of nitriles is 1. The van der Waals surface area contributed by atoms with E-state index in [2.05, 4.69) is 30.6 Å². The lowest BCUT2D eigenvalue weighted by Crippen LogP contribution is -2.60. The molecule has 0 aromatic carbocycles. The van der Waals surface area contributed by atoms with Gasteiger partial charge < -0.3 is 15.5 Å². The predicted octanol–water partition coefficient (Wildman–Crippen LogP) is 2.46. The number of fused-ring (bicyclic) bond motifs is 1. The van der Waals surface area contributed by atoms with E-state index in [4.69, 9.17) is 0 Å². The second kappa shape index (κ2) is 8.11. The minimum Gasteiger partial charge on any atom is -0.344 e. The van der Waals surface area contributed by atoms with Crippen molar-refractivity contribution in [2.24, 2.45) is 34.5 Å². The van der Waals surface area contributed by atoms with E-state index in [9.17, 15) is 19.6 Å². The lowest BCUT2D eigenvalue weighted by molar-refractivity contribution is -0.146. The van der Waals surface area contributed by atoms with Crippen molar-refractivity contribution < 1.29 is 14.4 Å². The molecule has 172 valence electrons. The summed E-state index contributed by atoms with van der Waals surface area (Å²) in [4.78, 5) is 41.0. The number of hydrogen-bond donors (Lipinski definition) is 2. The smallest absolute Gasteiger partial charge is 0.246 e. The second-order valence-electron chi connectivity index (χ2n) is 11.7. The van der Waals surface area contributed by atoms with Crippen LogP contribution in [0, 0.1) is 45.8 Å². The van der Waals surface area contributed by atoms with Crippen LogP contribution in [0.1, 0.15) is 67.7 Å². The third kappa shape index (κ3) is 4.73. The molecule has 7 nitrogen and oxygen atoms in total. The van der Waals surface area contributed by atoms with E-state index in [1.165, 1.54) is 0 Å². The van der Waals surface area contributed by atoms with Crippen LogP contribution in [-0.4, -0.2) is 47.3 Å². The monoisotopic (exact) mass is 430 g/mol. The fourth-order valence-electron chi connectivity index (χ4n) is 5.02. The Balaban J connectivity index is 1.80. The first-order valence-electron chi connectivity index (χ1n) is 11.6. The molecule has 2 aliphatic carbocycles. The highest BCUT2D eigenvalue weighted by atomic mass is 16.2. The zero-order valence-corrected chi connectivity index (χ0v) is 20.0. The Morgan fingerprint density at radius 3 is 2.26 bits per heavy atom. The molecule has 0 bridgehead atoms. The summed E-state index contributed by atoms with van der Waals surface area (Å²) in [5.41, 5.74) is -0.498. The van der Waals surface area contributed by atoms with Gasteiger partial charge in [0.15, 0.2) is 0 Å². The first-order valence-corrected chi connectivity index (χ1v) is 11.6. The van der Waals surface area contributed by atoms with Crippen LogP contribution in [0.3, 0.4) is 0 Å². The van der Waals surface area contributed by atoms with Crippen molar-refractivity contribution in [1.29, 1.82) is 5.26 Å². The maximum Gasteiger partial charge on any atom is 0.246 e. The molecule has 2 N–H and O–H groups in total. The van der Waals surface area contributed by atoms with Gasteiger partial charge in [0.25, 0.3) is 0 Å². The van der Waals surface area contributed by atoms with Gasteiger partial charge in [0.05, 0.1) is 6.07 Å². The quantitative estimate of drug-likeness (QED) is 0.648. The van der Waals surface area contributed by atoms with Gasteiger partial charge in [-0.1, -0.05) is 61.3 Å². The topological polar surface area (TPSA) is 102 Å². The van der Waals surface area contributed by atoms with Gasteiger partial charge in [-0.3, -0.25) is 14.4 Å². The average Bonchev–Trinajstić information content (AvgIpc) is 3.50. The highest BCUT2D eigenvalue weighted by molar-refractivity contribution is 5.94. The zero-order chi connectivity index (χ0) is 23.3. The maximum atomic E-state index is 13.7. The molecule has 31 heavy (non-hydrogen) atoms. The molecule has 3 amide bonds. The van der Waals surface area contributed by atoms with Gasteiger partial charge in [-0.15, -0.1) is 0 Å². The number of rotatable bonds is 7. The number of nitrogens with zero attached hydrogens (tertiary/aromatic N) is 2. The number of hydrogen-bond acceptors (Lipinski definition) is 4. The van der Waals surface area contributed by atoms with Crippen LogP contribution in [0.4, 0.5) is 0 Å². The summed E-state index contributed by atoms with van der Waals surface area (Å²) in [5, 5.41) is 15.3. The van der Waals surface area contributed by atoms with Crippen LogP contribution in [0.25, 0.3) is 0 Å². The van der Waals surface area contributed by atoms with E-state index in [1.54, 1.807) is 18.7 Å². The molecule has 0 spiro atoms. The van der Waals surface area contributed by atoms with Crippen molar-refractivity contribution in [3.63, 3.8) is 0 Å². The summed E-state index contributed by atoms with van der Waals surface area (Å²) in [7, 11) is 0. The number of nitrogens with one attached hydrogen (secondary N) is 2. The van der Waals surface area contributed by atoms with E-state index in [1.807, 2.05) is 20.8 Å². The Hall–Kier alpha value is -2.10. The number of likely N-dealkylation sites (tertiary alicyclic amines) is 1. The van der Waals surface area contributed by atoms with Gasteiger partial charge in [-0.05, 0) is 35.0 Å². The molecular formula is C24H38N4O3. The van der Waals surface area contributed by atoms with Gasteiger partial charge in [0, 0.05) is 12.5 Å². The minimum atomic E-state index is -0.712. The van der Waals surface area contributed by atoms with Crippen molar-refractivity contribution in [2.45, 2.75) is 85.9 Å². The van der Waals surface area contributed by atoms with Crippen LogP contribution >= 0.6 is 0 Å². The summed E-state index contributed by atoms with van der Waals surface area (Å²) < 4.78 is 0. The third-order valence-corrected chi connectivity index (χ3v) is 7.42. The number of piperidine rings is 1. The second-order valence-corrected chi connectivity index (χ2v) is 11.7. The molecule has 3 fully saturated rings. The molecule has 3 rings (SSSR count). The normalized spacial score (nSPS) is 28.4. The Labute approximate surface area is 186 Å². The van der Waals surface area contributed by atoms with Gasteiger partial charge in [0.2, 0.25) is 17.7 Å². The standard InChI is InChI=1S/C24H38N4O3/c1-13(2)20(29)27-19(23(3,4)5)22(31)28-12-16-17(24(16,6)7)18(28)21(30)26-15(11-25)10-14-8-9-14/h13-19H,8-10,12H2,1-7H3,(H,26,30)(H,27,29)/t15?,16?,17?,18?,19-/m1/s1. The molecule has 7 heteroatoms. The lowest BCUT2D eigenvalue weighted by atomic mass is 9.84. The van der Waals surface area contributed by atoms with Crippen molar-refractivity contribution in [2.75, 3.05) is 6.54 Å². The van der Waals surface area contributed by atoms with E-state index >= 15 is 0 Å². The predicted molar refractivity (Wildman–Crippen MR) is 117 cm³/mol. The first-order chi connectivity index (χ1) is 14.3. The van der Waals surface area contributed by atoms with Crippen LogP contribution in [0.5, 0.6) is 0 Å². The lowest BCUT2D eigenvalue weighted by Gasteiger charge is -2.38. The molecule has 1 saturated heterocycles. The van der Waals surface area contributed by atoms with Gasteiger partial charge in [-0.2, -0.15) is 5.26 Å². The molecule has 5 atom stereocenters. The Morgan fingerprint density at radius 2 is 1.77 bits per heavy atom. The van der Waals surface area contributed by atoms with Crippen molar-refractivity contribution in [3.05, 3.63) is 0 Å². The average molecular weight is 431 g/mol. The van der Waals surface area contributed by atoms with E-state index in [0.29, 0.717) is 18.9 Å². The third-order valence-electron chi connectivity index (χ3n) is 7.42. The summed E-state index contributed by atoms with van der Waals surface area (Å²) in [5.74, 6) is 0.0137. The summed E-state index contributed by atoms with van der Waals surface area (Å²) in [6.07, 6.45) is 2.90. The molecule has 3 aliphatic rings. The molecule has 0 aromatic heterocycles. The van der Waals surface area contributed by atoms with E-state index in [-0.39, 0.29) is 40.9 Å². The van der Waals surface area contributed by atoms with E-state index < -0.39 is 23.5 Å². The highest BCUT2D eigenvalue weighted by Crippen LogP contribution is 2.65. The summed E-state index contributed by atoms with van der Waals surface area (Å²) in [6.45, 7) is 14.2. The highest BCUT2D eigenvalue weighted by Gasteiger charge is 2.69. The largest absolute Gasteiger partial charge is 0.344 e. The number of carbonyl (C=O) groups is 3. The first kappa shape index (κ1) is 23.6. The molecule has 0 radical (unpaired) electrons. The van der Waals surface area contributed by atoms with Crippen LogP contribution < -0.4 is 10.6 Å². The van der Waals surface area contributed by atoms with Crippen molar-refractivity contribution in [1.82, 2.24) is 15.5 Å². The van der Waals surface area contributed by atoms with Crippen LogP contribution in [-0.2, 0) is 14.4 Å². The van der Waals surface area contributed by atoms with Gasteiger partial charge in [-0.25, -0.2) is 0 Å².